The summed E-state index contributed by atoms with van der Waals surface area (Å²) in [5, 5.41) is 9.20. The second-order valence-electron chi connectivity index (χ2n) is 2.60. The number of hydrogen-bond donors (Lipinski definition) is 1. The first kappa shape index (κ1) is 10.1. The van der Waals surface area contributed by atoms with Gasteiger partial charge in [0.25, 0.3) is 0 Å². The fourth-order valence-corrected chi connectivity index (χ4v) is 0.464. The molecule has 0 aromatic carbocycles. The van der Waals surface area contributed by atoms with Crippen LogP contribution in [-0.4, -0.2) is 29.1 Å². The van der Waals surface area contributed by atoms with Gasteiger partial charge in [-0.1, -0.05) is 0 Å². The number of hydrogen-bond acceptors (Lipinski definition) is 4. The van der Waals surface area contributed by atoms with E-state index in [2.05, 4.69) is 4.74 Å². The van der Waals surface area contributed by atoms with E-state index in [1.54, 1.807) is 0 Å². The standard InChI is InChI=1S/C7H12O4/c1-5(11-6(2)9)7(3,10)4-8/h4-5,10H,1-3H3. The smallest absolute Gasteiger partial charge is 0.303 e. The molecule has 0 saturated heterocycles. The van der Waals surface area contributed by atoms with Crippen LogP contribution in [0.3, 0.4) is 0 Å². The lowest BCUT2D eigenvalue weighted by molar-refractivity contribution is -0.160. The predicted octanol–water partition coefficient (Wildman–Crippen LogP) is -0.112. The monoisotopic (exact) mass is 160 g/mol. The van der Waals surface area contributed by atoms with Crippen molar-refractivity contribution < 1.29 is 19.4 Å². The lowest BCUT2D eigenvalue weighted by Crippen LogP contribution is -2.41. The molecule has 2 unspecified atom stereocenters. The Bertz CT molecular complexity index is 162. The van der Waals surface area contributed by atoms with E-state index in [9.17, 15) is 14.7 Å². The molecular formula is C7H12O4. The summed E-state index contributed by atoms with van der Waals surface area (Å²) in [5.74, 6) is -0.514. The van der Waals surface area contributed by atoms with Crippen LogP contribution in [0.4, 0.5) is 0 Å². The number of carbonyl (C=O) groups is 2. The van der Waals surface area contributed by atoms with Gasteiger partial charge in [0.2, 0.25) is 0 Å². The molecule has 0 aromatic rings. The third-order valence-corrected chi connectivity index (χ3v) is 1.40. The van der Waals surface area contributed by atoms with E-state index in [0.29, 0.717) is 6.29 Å². The van der Waals surface area contributed by atoms with Crippen molar-refractivity contribution in [2.45, 2.75) is 32.5 Å². The van der Waals surface area contributed by atoms with Crippen LogP contribution in [-0.2, 0) is 14.3 Å². The molecule has 4 heteroatoms. The molecule has 1 N–H and O–H groups in total. The summed E-state index contributed by atoms with van der Waals surface area (Å²) in [5.41, 5.74) is -1.59. The largest absolute Gasteiger partial charge is 0.459 e. The van der Waals surface area contributed by atoms with E-state index in [1.165, 1.54) is 20.8 Å². The first-order valence-corrected chi connectivity index (χ1v) is 3.26. The summed E-state index contributed by atoms with van der Waals surface area (Å²) >= 11 is 0. The molecule has 11 heavy (non-hydrogen) atoms. The highest BCUT2D eigenvalue weighted by molar-refractivity contribution is 5.68. The lowest BCUT2D eigenvalue weighted by atomic mass is 10.0. The Balaban J connectivity index is 4.11. The van der Waals surface area contributed by atoms with Gasteiger partial charge in [-0.15, -0.1) is 0 Å². The van der Waals surface area contributed by atoms with Crippen LogP contribution in [0.5, 0.6) is 0 Å². The van der Waals surface area contributed by atoms with Gasteiger partial charge in [-0.2, -0.15) is 0 Å². The number of aliphatic hydroxyl groups is 1. The highest BCUT2D eigenvalue weighted by Gasteiger charge is 2.29. The summed E-state index contributed by atoms with van der Waals surface area (Å²) < 4.78 is 4.59. The van der Waals surface area contributed by atoms with Crippen molar-refractivity contribution in [1.29, 1.82) is 0 Å². The molecule has 0 bridgehead atoms. The number of carbonyl (C=O) groups excluding carboxylic acids is 2. The number of esters is 1. The molecular weight excluding hydrogens is 148 g/mol. The fraction of sp³-hybridized carbons (Fsp3) is 0.714. The third kappa shape index (κ3) is 3.13. The maximum atomic E-state index is 10.4. The Hall–Kier alpha value is -0.900. The molecule has 4 nitrogen and oxygen atoms in total. The van der Waals surface area contributed by atoms with E-state index in [-0.39, 0.29) is 0 Å². The molecule has 0 rings (SSSR count). The molecule has 0 amide bonds. The molecule has 0 aliphatic rings. The van der Waals surface area contributed by atoms with E-state index in [1.807, 2.05) is 0 Å². The Kier molecular flexibility index (Phi) is 3.19. The molecule has 0 aliphatic heterocycles. The van der Waals surface area contributed by atoms with Gasteiger partial charge >= 0.3 is 5.97 Å². The molecule has 0 spiro atoms. The molecule has 0 fully saturated rings. The normalized spacial score (nSPS) is 18.2. The predicted molar refractivity (Wildman–Crippen MR) is 37.9 cm³/mol. The van der Waals surface area contributed by atoms with Crippen molar-refractivity contribution in [2.24, 2.45) is 0 Å². The maximum absolute atomic E-state index is 10.4. The summed E-state index contributed by atoms with van der Waals surface area (Å²) in [6.07, 6.45) is -0.460. The molecule has 0 radical (unpaired) electrons. The number of rotatable bonds is 3. The van der Waals surface area contributed by atoms with Crippen LogP contribution in [0.25, 0.3) is 0 Å². The average molecular weight is 160 g/mol. The van der Waals surface area contributed by atoms with Crippen molar-refractivity contribution in [3.63, 3.8) is 0 Å². The molecule has 0 saturated carbocycles. The lowest BCUT2D eigenvalue weighted by Gasteiger charge is -2.23. The van der Waals surface area contributed by atoms with Gasteiger partial charge < -0.3 is 9.84 Å². The van der Waals surface area contributed by atoms with Gasteiger partial charge in [0.15, 0.2) is 11.9 Å². The van der Waals surface area contributed by atoms with Crippen molar-refractivity contribution >= 4 is 12.3 Å². The van der Waals surface area contributed by atoms with E-state index in [4.69, 9.17) is 0 Å². The van der Waals surface area contributed by atoms with Gasteiger partial charge in [0, 0.05) is 6.92 Å². The van der Waals surface area contributed by atoms with Gasteiger partial charge in [-0.3, -0.25) is 9.59 Å². The van der Waals surface area contributed by atoms with Crippen LogP contribution in [0.2, 0.25) is 0 Å². The Morgan fingerprint density at radius 2 is 2.18 bits per heavy atom. The zero-order valence-corrected chi connectivity index (χ0v) is 6.83. The second kappa shape index (κ2) is 3.48. The minimum Gasteiger partial charge on any atom is -0.459 e. The van der Waals surface area contributed by atoms with Gasteiger partial charge in [0.05, 0.1) is 0 Å². The molecule has 64 valence electrons. The Labute approximate surface area is 65.2 Å². The minimum atomic E-state index is -1.59. The average Bonchev–Trinajstić information content (AvgIpc) is 1.86. The first-order chi connectivity index (χ1) is 4.90. The van der Waals surface area contributed by atoms with E-state index < -0.39 is 17.7 Å². The maximum Gasteiger partial charge on any atom is 0.303 e. The van der Waals surface area contributed by atoms with Crippen LogP contribution >= 0.6 is 0 Å². The molecule has 0 aliphatic carbocycles. The van der Waals surface area contributed by atoms with Crippen LogP contribution in [0.15, 0.2) is 0 Å². The highest BCUT2D eigenvalue weighted by Crippen LogP contribution is 2.09. The zero-order chi connectivity index (χ0) is 9.07. The molecule has 0 heterocycles. The van der Waals surface area contributed by atoms with E-state index in [0.717, 1.165) is 0 Å². The van der Waals surface area contributed by atoms with Gasteiger partial charge in [0.1, 0.15) is 6.10 Å². The third-order valence-electron chi connectivity index (χ3n) is 1.40. The topological polar surface area (TPSA) is 63.6 Å². The minimum absolute atomic E-state index is 0.348. The SMILES string of the molecule is CC(=O)OC(C)C(C)(O)C=O. The van der Waals surface area contributed by atoms with Crippen molar-refractivity contribution in [1.82, 2.24) is 0 Å². The first-order valence-electron chi connectivity index (χ1n) is 3.26. The highest BCUT2D eigenvalue weighted by atomic mass is 16.6. The molecule has 2 atom stereocenters. The second-order valence-corrected chi connectivity index (χ2v) is 2.60. The van der Waals surface area contributed by atoms with Crippen molar-refractivity contribution in [3.05, 3.63) is 0 Å². The molecule has 0 aromatic heterocycles. The Morgan fingerprint density at radius 3 is 2.45 bits per heavy atom. The summed E-state index contributed by atoms with van der Waals surface area (Å²) in [6, 6.07) is 0. The van der Waals surface area contributed by atoms with Crippen LogP contribution < -0.4 is 0 Å². The van der Waals surface area contributed by atoms with Crippen LogP contribution in [0, 0.1) is 0 Å². The fourth-order valence-electron chi connectivity index (χ4n) is 0.464. The van der Waals surface area contributed by atoms with E-state index >= 15 is 0 Å². The number of aldehydes is 1. The van der Waals surface area contributed by atoms with Gasteiger partial charge in [-0.05, 0) is 13.8 Å². The summed E-state index contributed by atoms with van der Waals surface area (Å²) in [4.78, 5) is 20.6. The number of ether oxygens (including phenoxy) is 1. The van der Waals surface area contributed by atoms with Gasteiger partial charge in [-0.25, -0.2) is 0 Å². The van der Waals surface area contributed by atoms with Crippen molar-refractivity contribution in [3.8, 4) is 0 Å². The van der Waals surface area contributed by atoms with Crippen molar-refractivity contribution in [2.75, 3.05) is 0 Å². The summed E-state index contributed by atoms with van der Waals surface area (Å²) in [7, 11) is 0. The Morgan fingerprint density at radius 1 is 1.73 bits per heavy atom. The summed E-state index contributed by atoms with van der Waals surface area (Å²) in [6.45, 7) is 3.96. The quantitative estimate of drug-likeness (QED) is 0.462. The van der Waals surface area contributed by atoms with Crippen LogP contribution in [0.1, 0.15) is 20.8 Å². The zero-order valence-electron chi connectivity index (χ0n) is 6.83.